The Bertz CT molecular complexity index is 2280. The summed E-state index contributed by atoms with van der Waals surface area (Å²) in [5.74, 6) is -1.25. The van der Waals surface area contributed by atoms with E-state index in [9.17, 15) is 19.2 Å². The molecular weight excluding hydrogens is 671 g/mol. The minimum absolute atomic E-state index is 0.0829. The highest BCUT2D eigenvalue weighted by Crippen LogP contribution is 2.37. The number of benzene rings is 5. The number of anilines is 2. The van der Waals surface area contributed by atoms with Gasteiger partial charge in [0, 0.05) is 23.2 Å². The zero-order valence-electron chi connectivity index (χ0n) is 28.9. The molecule has 5 aromatic carbocycles. The van der Waals surface area contributed by atoms with Gasteiger partial charge in [-0.25, -0.2) is 4.68 Å². The molecule has 10 heteroatoms. The van der Waals surface area contributed by atoms with Crippen molar-refractivity contribution >= 4 is 46.9 Å². The highest BCUT2D eigenvalue weighted by molar-refractivity contribution is 8.00. The van der Waals surface area contributed by atoms with Crippen LogP contribution in [0.2, 0.25) is 0 Å². The molecule has 0 aliphatic carbocycles. The summed E-state index contributed by atoms with van der Waals surface area (Å²) < 4.78 is 3.25. The van der Waals surface area contributed by atoms with E-state index in [-0.39, 0.29) is 22.9 Å². The maximum atomic E-state index is 13.9. The van der Waals surface area contributed by atoms with Crippen molar-refractivity contribution in [3.8, 4) is 5.69 Å². The van der Waals surface area contributed by atoms with E-state index in [0.717, 1.165) is 21.6 Å². The fourth-order valence-corrected chi connectivity index (χ4v) is 6.55. The van der Waals surface area contributed by atoms with E-state index in [1.165, 1.54) is 16.4 Å². The van der Waals surface area contributed by atoms with Crippen LogP contribution in [0.3, 0.4) is 0 Å². The van der Waals surface area contributed by atoms with Crippen molar-refractivity contribution in [3.05, 3.63) is 184 Å². The van der Waals surface area contributed by atoms with Gasteiger partial charge in [-0.15, -0.1) is 11.8 Å². The summed E-state index contributed by atoms with van der Waals surface area (Å²) in [6.07, 6.45) is 1.63. The molecule has 3 amide bonds. The summed E-state index contributed by atoms with van der Waals surface area (Å²) >= 11 is 1.32. The van der Waals surface area contributed by atoms with Gasteiger partial charge in [-0.05, 0) is 79.6 Å². The Hall–Kier alpha value is -6.39. The zero-order valence-corrected chi connectivity index (χ0v) is 29.7. The van der Waals surface area contributed by atoms with Crippen molar-refractivity contribution in [2.45, 2.75) is 24.0 Å². The van der Waals surface area contributed by atoms with Crippen molar-refractivity contribution in [1.82, 2.24) is 14.7 Å². The van der Waals surface area contributed by atoms with Crippen LogP contribution >= 0.6 is 11.8 Å². The van der Waals surface area contributed by atoms with Crippen LogP contribution in [0.4, 0.5) is 11.4 Å². The average molecular weight is 708 g/mol. The van der Waals surface area contributed by atoms with Crippen molar-refractivity contribution in [1.29, 1.82) is 0 Å². The van der Waals surface area contributed by atoms with E-state index < -0.39 is 17.1 Å². The number of aromatic nitrogens is 2. The number of nitrogens with one attached hydrogen (secondary N) is 3. The van der Waals surface area contributed by atoms with Crippen molar-refractivity contribution in [3.63, 3.8) is 0 Å². The predicted octanol–water partition coefficient (Wildman–Crippen LogP) is 7.67. The Morgan fingerprint density at radius 3 is 1.94 bits per heavy atom. The lowest BCUT2D eigenvalue weighted by Gasteiger charge is -2.17. The van der Waals surface area contributed by atoms with Gasteiger partial charge < -0.3 is 16.0 Å². The Balaban J connectivity index is 1.21. The zero-order chi connectivity index (χ0) is 36.6. The number of amides is 3. The number of carbonyl (C=O) groups is 3. The molecule has 1 heterocycles. The molecule has 6 aromatic rings. The van der Waals surface area contributed by atoms with Crippen LogP contribution < -0.4 is 21.5 Å². The van der Waals surface area contributed by atoms with Gasteiger partial charge in [-0.1, -0.05) is 96.6 Å². The van der Waals surface area contributed by atoms with Gasteiger partial charge >= 0.3 is 0 Å². The molecule has 9 nitrogen and oxygen atoms in total. The Morgan fingerprint density at radius 2 is 1.31 bits per heavy atom. The lowest BCUT2D eigenvalue weighted by molar-refractivity contribution is -0.116. The van der Waals surface area contributed by atoms with Gasteiger partial charge in [-0.3, -0.25) is 23.9 Å². The van der Waals surface area contributed by atoms with Crippen molar-refractivity contribution in [2.24, 2.45) is 7.05 Å². The molecule has 1 atom stereocenters. The Labute approximate surface area is 306 Å². The summed E-state index contributed by atoms with van der Waals surface area (Å²) in [6.45, 7) is 3.77. The number of para-hydroxylation sites is 1. The summed E-state index contributed by atoms with van der Waals surface area (Å²) in [7, 11) is 1.78. The first kappa shape index (κ1) is 35.4. The molecule has 52 heavy (non-hydrogen) atoms. The van der Waals surface area contributed by atoms with Crippen LogP contribution in [0.15, 0.2) is 155 Å². The second-order valence-electron chi connectivity index (χ2n) is 12.1. The molecule has 0 bridgehead atoms. The summed E-state index contributed by atoms with van der Waals surface area (Å²) in [4.78, 5) is 54.8. The third kappa shape index (κ3) is 8.31. The minimum atomic E-state index is -0.692. The molecule has 6 rings (SSSR count). The molecule has 0 aliphatic heterocycles. The molecule has 0 spiro atoms. The van der Waals surface area contributed by atoms with Crippen LogP contribution in [-0.2, 0) is 16.6 Å². The third-order valence-electron chi connectivity index (χ3n) is 8.43. The van der Waals surface area contributed by atoms with E-state index in [1.54, 1.807) is 61.1 Å². The molecular formula is C42H37N5O4S. The standard InChI is InChI=1S/C42H37N5O4S/c1-28-19-21-30(22-20-28)27-36(44-39(48)32-15-9-5-10-16-32)40(49)43-33-23-25-35(26-24-33)52-38(31-13-7-4-8-14-31)41(50)45-37-29(2)46(3)47(42(37)51)34-17-11-6-12-18-34/h4-27,38H,1-3H3,(H,43,49)(H,44,48)(H,45,50)/b36-27-. The normalized spacial score (nSPS) is 11.8. The summed E-state index contributed by atoms with van der Waals surface area (Å²) in [5, 5.41) is 7.87. The summed E-state index contributed by atoms with van der Waals surface area (Å²) in [5.41, 5.74) is 4.79. The van der Waals surface area contributed by atoms with Gasteiger partial charge in [0.1, 0.15) is 16.6 Å². The largest absolute Gasteiger partial charge is 0.321 e. The third-order valence-corrected chi connectivity index (χ3v) is 9.69. The quantitative estimate of drug-likeness (QED) is 0.0945. The molecule has 0 radical (unpaired) electrons. The number of hydrogen-bond donors (Lipinski definition) is 3. The van der Waals surface area contributed by atoms with E-state index in [0.29, 0.717) is 22.6 Å². The van der Waals surface area contributed by atoms with Gasteiger partial charge in [0.05, 0.1) is 11.4 Å². The number of aryl methyl sites for hydroxylation is 1. The molecule has 1 aromatic heterocycles. The average Bonchev–Trinajstić information content (AvgIpc) is 3.38. The molecule has 0 aliphatic rings. The van der Waals surface area contributed by atoms with Gasteiger partial charge in [0.2, 0.25) is 5.91 Å². The van der Waals surface area contributed by atoms with Crippen LogP contribution in [0, 0.1) is 13.8 Å². The lowest BCUT2D eigenvalue weighted by Crippen LogP contribution is -2.30. The van der Waals surface area contributed by atoms with Crippen LogP contribution in [-0.4, -0.2) is 27.1 Å². The predicted molar refractivity (Wildman–Crippen MR) is 208 cm³/mol. The van der Waals surface area contributed by atoms with Gasteiger partial charge in [0.15, 0.2) is 0 Å². The van der Waals surface area contributed by atoms with E-state index in [1.807, 2.05) is 110 Å². The van der Waals surface area contributed by atoms with E-state index in [4.69, 9.17) is 0 Å². The molecule has 0 saturated carbocycles. The Morgan fingerprint density at radius 1 is 0.712 bits per heavy atom. The number of carbonyl (C=O) groups excluding carboxylic acids is 3. The number of thioether (sulfide) groups is 1. The molecule has 3 N–H and O–H groups in total. The van der Waals surface area contributed by atoms with Crippen LogP contribution in [0.1, 0.15) is 38.0 Å². The molecule has 1 unspecified atom stereocenters. The van der Waals surface area contributed by atoms with Gasteiger partial charge in [0.25, 0.3) is 17.4 Å². The molecule has 0 fully saturated rings. The smallest absolute Gasteiger partial charge is 0.295 e. The Kier molecular flexibility index (Phi) is 11.0. The fourth-order valence-electron chi connectivity index (χ4n) is 5.52. The van der Waals surface area contributed by atoms with Crippen LogP contribution in [0.5, 0.6) is 0 Å². The second-order valence-corrected chi connectivity index (χ2v) is 13.3. The SMILES string of the molecule is Cc1ccc(/C=C(\NC(=O)c2ccccc2)C(=O)Nc2ccc(SC(C(=O)Nc3c(C)n(C)n(-c4ccccc4)c3=O)c3ccccc3)cc2)cc1. The first-order chi connectivity index (χ1) is 25.2. The second kappa shape index (κ2) is 16.1. The fraction of sp³-hybridized carbons (Fsp3) is 0.0952. The maximum absolute atomic E-state index is 13.9. The number of rotatable bonds is 11. The first-order valence-corrected chi connectivity index (χ1v) is 17.5. The monoisotopic (exact) mass is 707 g/mol. The maximum Gasteiger partial charge on any atom is 0.295 e. The lowest BCUT2D eigenvalue weighted by atomic mass is 10.1. The minimum Gasteiger partial charge on any atom is -0.321 e. The van der Waals surface area contributed by atoms with E-state index >= 15 is 0 Å². The van der Waals surface area contributed by atoms with Gasteiger partial charge in [-0.2, -0.15) is 0 Å². The first-order valence-electron chi connectivity index (χ1n) is 16.6. The highest BCUT2D eigenvalue weighted by atomic mass is 32.2. The molecule has 260 valence electrons. The summed E-state index contributed by atoms with van der Waals surface area (Å²) in [6, 6.07) is 42.0. The number of nitrogens with zero attached hydrogens (tertiary/aromatic N) is 2. The topological polar surface area (TPSA) is 114 Å². The van der Waals surface area contributed by atoms with Crippen molar-refractivity contribution in [2.75, 3.05) is 10.6 Å². The van der Waals surface area contributed by atoms with Crippen molar-refractivity contribution < 1.29 is 14.4 Å². The highest BCUT2D eigenvalue weighted by Gasteiger charge is 2.26. The van der Waals surface area contributed by atoms with E-state index in [2.05, 4.69) is 16.0 Å². The number of hydrogen-bond acceptors (Lipinski definition) is 5. The molecule has 0 saturated heterocycles. The van der Waals surface area contributed by atoms with Crippen LogP contribution in [0.25, 0.3) is 11.8 Å².